The summed E-state index contributed by atoms with van der Waals surface area (Å²) in [4.78, 5) is 25.8. The van der Waals surface area contributed by atoms with Crippen LogP contribution < -0.4 is 0 Å². The first kappa shape index (κ1) is 15.2. The van der Waals surface area contributed by atoms with Gasteiger partial charge in [0.15, 0.2) is 5.78 Å². The Labute approximate surface area is 133 Å². The lowest BCUT2D eigenvalue weighted by Crippen LogP contribution is -2.31. The van der Waals surface area contributed by atoms with Gasteiger partial charge in [0.2, 0.25) is 5.91 Å². The monoisotopic (exact) mass is 407 g/mol. The highest BCUT2D eigenvalue weighted by Crippen LogP contribution is 2.32. The Kier molecular flexibility index (Phi) is 5.20. The van der Waals surface area contributed by atoms with E-state index >= 15 is 0 Å². The molecule has 3 nitrogen and oxygen atoms in total. The van der Waals surface area contributed by atoms with Crippen molar-refractivity contribution < 1.29 is 9.59 Å². The van der Waals surface area contributed by atoms with Gasteiger partial charge in [0, 0.05) is 18.5 Å². The second kappa shape index (κ2) is 6.50. The Morgan fingerprint density at radius 2 is 2.26 bits per heavy atom. The zero-order chi connectivity index (χ0) is 14.0. The Hall–Kier alpha value is -0.200. The second-order valence-corrected chi connectivity index (χ2v) is 8.54. The maximum Gasteiger partial charge on any atom is 0.223 e. The molecule has 0 radical (unpaired) electrons. The average molecular weight is 409 g/mol. The van der Waals surface area contributed by atoms with Crippen molar-refractivity contribution in [3.8, 4) is 0 Å². The van der Waals surface area contributed by atoms with Crippen molar-refractivity contribution in [1.29, 1.82) is 0 Å². The van der Waals surface area contributed by atoms with E-state index < -0.39 is 0 Å². The molecule has 1 aromatic heterocycles. The summed E-state index contributed by atoms with van der Waals surface area (Å²) in [5.74, 6) is 0.527. The van der Waals surface area contributed by atoms with Crippen molar-refractivity contribution >= 4 is 54.9 Å². The number of likely N-dealkylation sites (tertiary alicyclic amines) is 1. The van der Waals surface area contributed by atoms with Crippen LogP contribution in [0.25, 0.3) is 0 Å². The Morgan fingerprint density at radius 1 is 1.53 bits per heavy atom. The average Bonchev–Trinajstić information content (AvgIpc) is 2.83. The van der Waals surface area contributed by atoms with Crippen LogP contribution in [-0.2, 0) is 4.79 Å². The standard InChI is InChI=1S/C13H15Br2NO2S/c1-2-3-8-4-12(18)16(6-8)7-10(17)9-5-11(14)19-13(9)15/h5,8H,2-4,6-7H2,1H3. The molecule has 1 aliphatic rings. The molecule has 19 heavy (non-hydrogen) atoms. The van der Waals surface area contributed by atoms with Gasteiger partial charge >= 0.3 is 0 Å². The van der Waals surface area contributed by atoms with E-state index in [0.717, 1.165) is 27.0 Å². The maximum absolute atomic E-state index is 12.2. The summed E-state index contributed by atoms with van der Waals surface area (Å²) in [6, 6.07) is 1.81. The number of rotatable bonds is 5. The summed E-state index contributed by atoms with van der Waals surface area (Å²) in [7, 11) is 0. The molecule has 0 spiro atoms. The molecule has 1 fully saturated rings. The van der Waals surface area contributed by atoms with Crippen LogP contribution in [0.15, 0.2) is 13.6 Å². The number of hydrogen-bond donors (Lipinski definition) is 0. The molecule has 0 N–H and O–H groups in total. The summed E-state index contributed by atoms with van der Waals surface area (Å²) < 4.78 is 1.74. The molecular formula is C13H15Br2NO2S. The number of carbonyl (C=O) groups excluding carboxylic acids is 2. The number of Topliss-reactive ketones (excluding diaryl/α,β-unsaturated/α-hetero) is 1. The van der Waals surface area contributed by atoms with Crippen LogP contribution in [0.2, 0.25) is 0 Å². The largest absolute Gasteiger partial charge is 0.335 e. The van der Waals surface area contributed by atoms with Gasteiger partial charge in [0.1, 0.15) is 0 Å². The topological polar surface area (TPSA) is 37.4 Å². The number of thiophene rings is 1. The van der Waals surface area contributed by atoms with E-state index in [0.29, 0.717) is 17.9 Å². The highest BCUT2D eigenvalue weighted by atomic mass is 79.9. The first-order valence-electron chi connectivity index (χ1n) is 6.27. The van der Waals surface area contributed by atoms with E-state index in [1.54, 1.807) is 11.0 Å². The summed E-state index contributed by atoms with van der Waals surface area (Å²) in [5, 5.41) is 0. The highest BCUT2D eigenvalue weighted by Gasteiger charge is 2.30. The van der Waals surface area contributed by atoms with Crippen LogP contribution in [0.5, 0.6) is 0 Å². The summed E-state index contributed by atoms with van der Waals surface area (Å²) in [5.41, 5.74) is 0.656. The molecule has 0 aromatic carbocycles. The quantitative estimate of drug-likeness (QED) is 0.687. The Balaban J connectivity index is 2.00. The van der Waals surface area contributed by atoms with Crippen LogP contribution in [-0.4, -0.2) is 29.7 Å². The number of amides is 1. The normalized spacial score (nSPS) is 19.2. The number of nitrogens with zero attached hydrogens (tertiary/aromatic N) is 1. The van der Waals surface area contributed by atoms with Crippen molar-refractivity contribution in [2.24, 2.45) is 5.92 Å². The molecule has 104 valence electrons. The predicted molar refractivity (Wildman–Crippen MR) is 83.6 cm³/mol. The first-order chi connectivity index (χ1) is 9.01. The molecule has 1 unspecified atom stereocenters. The van der Waals surface area contributed by atoms with Gasteiger partial charge < -0.3 is 4.90 Å². The van der Waals surface area contributed by atoms with Crippen molar-refractivity contribution in [3.63, 3.8) is 0 Å². The lowest BCUT2D eigenvalue weighted by Gasteiger charge is -2.15. The third kappa shape index (κ3) is 3.67. The van der Waals surface area contributed by atoms with E-state index in [2.05, 4.69) is 38.8 Å². The zero-order valence-electron chi connectivity index (χ0n) is 10.6. The predicted octanol–water partition coefficient (Wildman–Crippen LogP) is 4.10. The summed E-state index contributed by atoms with van der Waals surface area (Å²) >= 11 is 8.22. The van der Waals surface area contributed by atoms with E-state index in [4.69, 9.17) is 0 Å². The first-order valence-corrected chi connectivity index (χ1v) is 8.67. The third-order valence-corrected chi connectivity index (χ3v) is 5.62. The molecule has 1 aliphatic heterocycles. The van der Waals surface area contributed by atoms with Crippen molar-refractivity contribution in [1.82, 2.24) is 4.90 Å². The fourth-order valence-electron chi connectivity index (χ4n) is 2.40. The minimum atomic E-state index is -0.000626. The van der Waals surface area contributed by atoms with Crippen molar-refractivity contribution in [2.75, 3.05) is 13.1 Å². The van der Waals surface area contributed by atoms with Crippen LogP contribution in [0.1, 0.15) is 36.5 Å². The molecule has 0 bridgehead atoms. The number of ketones is 1. The smallest absolute Gasteiger partial charge is 0.223 e. The van der Waals surface area contributed by atoms with E-state index in [1.165, 1.54) is 11.3 Å². The molecule has 1 amide bonds. The number of hydrogen-bond acceptors (Lipinski definition) is 3. The molecule has 0 aliphatic carbocycles. The Bertz CT molecular complexity index is 501. The molecule has 2 rings (SSSR count). The molecule has 1 saturated heterocycles. The molecule has 1 aromatic rings. The summed E-state index contributed by atoms with van der Waals surface area (Å²) in [6.07, 6.45) is 2.74. The van der Waals surface area contributed by atoms with Gasteiger partial charge in [-0.1, -0.05) is 13.3 Å². The van der Waals surface area contributed by atoms with Crippen LogP contribution in [0.3, 0.4) is 0 Å². The lowest BCUT2D eigenvalue weighted by molar-refractivity contribution is -0.127. The molecule has 6 heteroatoms. The van der Waals surface area contributed by atoms with Crippen LogP contribution in [0.4, 0.5) is 0 Å². The second-order valence-electron chi connectivity index (χ2n) is 4.79. The SMILES string of the molecule is CCCC1CC(=O)N(CC(=O)c2cc(Br)sc2Br)C1. The zero-order valence-corrected chi connectivity index (χ0v) is 14.6. The molecule has 0 saturated carbocycles. The maximum atomic E-state index is 12.2. The minimum absolute atomic E-state index is 0.000626. The van der Waals surface area contributed by atoms with Gasteiger partial charge in [0.25, 0.3) is 0 Å². The summed E-state index contributed by atoms with van der Waals surface area (Å²) in [6.45, 7) is 3.04. The molecule has 2 heterocycles. The van der Waals surface area contributed by atoms with Crippen LogP contribution >= 0.6 is 43.2 Å². The lowest BCUT2D eigenvalue weighted by atomic mass is 10.0. The number of halogens is 2. The molecule has 1 atom stereocenters. The van der Waals surface area contributed by atoms with Gasteiger partial charge in [-0.15, -0.1) is 11.3 Å². The minimum Gasteiger partial charge on any atom is -0.335 e. The number of carbonyl (C=O) groups is 2. The molecular weight excluding hydrogens is 394 g/mol. The third-order valence-electron chi connectivity index (χ3n) is 3.28. The van der Waals surface area contributed by atoms with Crippen molar-refractivity contribution in [3.05, 3.63) is 19.2 Å². The van der Waals surface area contributed by atoms with Gasteiger partial charge in [-0.2, -0.15) is 0 Å². The van der Waals surface area contributed by atoms with Crippen molar-refractivity contribution in [2.45, 2.75) is 26.2 Å². The fraction of sp³-hybridized carbons (Fsp3) is 0.538. The van der Waals surface area contributed by atoms with Crippen LogP contribution in [0, 0.1) is 5.92 Å². The van der Waals surface area contributed by atoms with E-state index in [-0.39, 0.29) is 18.2 Å². The van der Waals surface area contributed by atoms with E-state index in [9.17, 15) is 9.59 Å². The fourth-order valence-corrected chi connectivity index (χ4v) is 5.25. The van der Waals surface area contributed by atoms with E-state index in [1.807, 2.05) is 0 Å². The Morgan fingerprint density at radius 3 is 2.84 bits per heavy atom. The van der Waals surface area contributed by atoms with Gasteiger partial charge in [-0.05, 0) is 50.3 Å². The van der Waals surface area contributed by atoms with Gasteiger partial charge in [-0.25, -0.2) is 0 Å². The van der Waals surface area contributed by atoms with Gasteiger partial charge in [0.05, 0.1) is 14.1 Å². The van der Waals surface area contributed by atoms with Gasteiger partial charge in [-0.3, -0.25) is 9.59 Å². The highest BCUT2D eigenvalue weighted by molar-refractivity contribution is 9.12.